The summed E-state index contributed by atoms with van der Waals surface area (Å²) in [4.78, 5) is 39.5. The van der Waals surface area contributed by atoms with Crippen LogP contribution in [0.15, 0.2) is 35.4 Å². The first-order valence-corrected chi connectivity index (χ1v) is 19.4. The van der Waals surface area contributed by atoms with Gasteiger partial charge in [0.05, 0.1) is 37.7 Å². The van der Waals surface area contributed by atoms with Crippen LogP contribution in [0.1, 0.15) is 140 Å². The number of carboxylic acids is 1. The van der Waals surface area contributed by atoms with Crippen LogP contribution in [0.25, 0.3) is 0 Å². The lowest BCUT2D eigenvalue weighted by Crippen LogP contribution is -2.64. The number of benzene rings is 1. The first kappa shape index (κ1) is 37.1. The van der Waals surface area contributed by atoms with E-state index in [4.69, 9.17) is 9.47 Å². The van der Waals surface area contributed by atoms with Crippen molar-refractivity contribution in [1.82, 2.24) is 0 Å². The van der Waals surface area contributed by atoms with E-state index in [1.54, 1.807) is 23.8 Å². The fraction of sp³-hybridized carbons (Fsp3) is 0.744. The molecule has 6 rings (SSSR count). The van der Waals surface area contributed by atoms with Crippen LogP contribution >= 0.6 is 0 Å². The van der Waals surface area contributed by atoms with Crippen molar-refractivity contribution >= 4 is 17.9 Å². The van der Waals surface area contributed by atoms with E-state index in [2.05, 4.69) is 69.6 Å². The third-order valence-corrected chi connectivity index (χ3v) is 15.5. The predicted octanol–water partition coefficient (Wildman–Crippen LogP) is 9.11. The number of esters is 2. The van der Waals surface area contributed by atoms with Crippen LogP contribution in [0.4, 0.5) is 0 Å². The molecule has 5 aliphatic rings. The molecule has 0 aliphatic heterocycles. The lowest BCUT2D eigenvalue weighted by Gasteiger charge is -2.71. The third-order valence-electron chi connectivity index (χ3n) is 15.5. The first-order chi connectivity index (χ1) is 23.1. The molecular weight excluding hydrogens is 626 g/mol. The topological polar surface area (TPSA) is 89.9 Å². The Labute approximate surface area is 301 Å². The molecule has 0 spiro atoms. The Morgan fingerprint density at radius 1 is 0.800 bits per heavy atom. The molecule has 276 valence electrons. The number of fused-ring (bicyclic) bond motifs is 6. The molecule has 0 aromatic heterocycles. The fourth-order valence-corrected chi connectivity index (χ4v) is 12.4. The van der Waals surface area contributed by atoms with E-state index in [0.29, 0.717) is 18.4 Å². The van der Waals surface area contributed by atoms with Gasteiger partial charge in [-0.05, 0) is 116 Å². The number of hydrogen-bond acceptors (Lipinski definition) is 5. The molecule has 7 nitrogen and oxygen atoms in total. The molecule has 1 aromatic carbocycles. The van der Waals surface area contributed by atoms with Gasteiger partial charge in [0.2, 0.25) is 0 Å². The van der Waals surface area contributed by atoms with E-state index in [1.165, 1.54) is 11.6 Å². The molecule has 7 atom stereocenters. The number of quaternary nitrogens is 1. The number of aromatic carboxylic acids is 1. The van der Waals surface area contributed by atoms with Crippen molar-refractivity contribution in [3.63, 3.8) is 0 Å². The van der Waals surface area contributed by atoms with Crippen molar-refractivity contribution in [2.24, 2.45) is 44.3 Å². The summed E-state index contributed by atoms with van der Waals surface area (Å²) in [5, 5.41) is 9.71. The van der Waals surface area contributed by atoms with Crippen LogP contribution in [-0.2, 0) is 14.3 Å². The maximum Gasteiger partial charge on any atom is 0.339 e. The molecule has 4 saturated carbocycles. The maximum absolute atomic E-state index is 14.2. The molecule has 0 radical (unpaired) electrons. The summed E-state index contributed by atoms with van der Waals surface area (Å²) in [5.74, 6) is -0.737. The number of nitrogens with zero attached hydrogens (tertiary/aromatic N) is 1. The Morgan fingerprint density at radius 3 is 2.12 bits per heavy atom. The Hall–Kier alpha value is -2.67. The quantitative estimate of drug-likeness (QED) is 0.174. The molecule has 0 bridgehead atoms. The number of carboxylic acid groups (broad SMARTS) is 1. The van der Waals surface area contributed by atoms with Gasteiger partial charge in [-0.3, -0.25) is 4.79 Å². The molecule has 1 N–H and O–H groups in total. The normalized spacial score (nSPS) is 37.4. The van der Waals surface area contributed by atoms with Gasteiger partial charge in [0.25, 0.3) is 0 Å². The molecular formula is C43H64NO6+. The minimum Gasteiger partial charge on any atom is -0.478 e. The average Bonchev–Trinajstić information content (AvgIpc) is 3.01. The van der Waals surface area contributed by atoms with Crippen molar-refractivity contribution in [1.29, 1.82) is 0 Å². The van der Waals surface area contributed by atoms with Crippen LogP contribution in [0.5, 0.6) is 0 Å². The molecule has 1 aromatic rings. The van der Waals surface area contributed by atoms with Crippen molar-refractivity contribution in [2.45, 2.75) is 125 Å². The second kappa shape index (κ2) is 12.2. The van der Waals surface area contributed by atoms with Gasteiger partial charge in [0.15, 0.2) is 0 Å². The summed E-state index contributed by atoms with van der Waals surface area (Å²) < 4.78 is 13.2. The number of carbonyl (C=O) groups is 3. The first-order valence-electron chi connectivity index (χ1n) is 19.4. The van der Waals surface area contributed by atoms with Gasteiger partial charge in [-0.15, -0.1) is 0 Å². The van der Waals surface area contributed by atoms with Crippen molar-refractivity contribution < 1.29 is 33.4 Å². The molecule has 50 heavy (non-hydrogen) atoms. The fourth-order valence-electron chi connectivity index (χ4n) is 12.4. The number of carbonyl (C=O) groups excluding carboxylic acids is 2. The minimum absolute atomic E-state index is 0.0139. The second-order valence-corrected chi connectivity index (χ2v) is 20.1. The Balaban J connectivity index is 1.29. The maximum atomic E-state index is 14.2. The molecule has 4 fully saturated rings. The highest BCUT2D eigenvalue weighted by Crippen LogP contribution is 2.75. The van der Waals surface area contributed by atoms with Crippen molar-refractivity contribution in [3.05, 3.63) is 46.5 Å². The van der Waals surface area contributed by atoms with Crippen molar-refractivity contribution in [3.8, 4) is 0 Å². The zero-order chi connectivity index (χ0) is 36.7. The van der Waals surface area contributed by atoms with Gasteiger partial charge in [-0.2, -0.15) is 0 Å². The third kappa shape index (κ3) is 5.76. The molecule has 0 amide bonds. The summed E-state index contributed by atoms with van der Waals surface area (Å²) in [6, 6.07) is 6.36. The van der Waals surface area contributed by atoms with Crippen LogP contribution in [0, 0.1) is 44.3 Å². The second-order valence-electron chi connectivity index (χ2n) is 20.1. The number of rotatable bonds is 7. The van der Waals surface area contributed by atoms with Gasteiger partial charge in [0, 0.05) is 5.41 Å². The van der Waals surface area contributed by atoms with E-state index in [-0.39, 0.29) is 50.3 Å². The zero-order valence-corrected chi connectivity index (χ0v) is 32.7. The van der Waals surface area contributed by atoms with Crippen LogP contribution < -0.4 is 0 Å². The van der Waals surface area contributed by atoms with E-state index in [9.17, 15) is 19.5 Å². The lowest BCUT2D eigenvalue weighted by molar-refractivity contribution is -0.870. The summed E-state index contributed by atoms with van der Waals surface area (Å²) in [7, 11) is 6.43. The van der Waals surface area contributed by atoms with Gasteiger partial charge in [-0.25, -0.2) is 9.59 Å². The Kier molecular flexibility index (Phi) is 9.05. The van der Waals surface area contributed by atoms with Crippen LogP contribution in [0.2, 0.25) is 0 Å². The van der Waals surface area contributed by atoms with Gasteiger partial charge >= 0.3 is 17.9 Å². The highest BCUT2D eigenvalue weighted by atomic mass is 16.5. The molecule has 5 aliphatic carbocycles. The summed E-state index contributed by atoms with van der Waals surface area (Å²) >= 11 is 0. The number of likely N-dealkylation sites (N-methyl/N-ethyl adjacent to an activating group) is 1. The lowest BCUT2D eigenvalue weighted by atomic mass is 9.34. The monoisotopic (exact) mass is 690 g/mol. The van der Waals surface area contributed by atoms with Gasteiger partial charge in [-0.1, -0.05) is 71.7 Å². The standard InChI is InChI=1S/C43H63NO6/c1-38(2)21-23-43(37(48)49-26-25-44(8,9)10)24-22-41(6)30(31(43)27-38)15-16-33-40(5)19-18-34(39(3,4)32(40)17-20-42(33,41)7)50-36(47)29-14-12-11-13-28(29)35(45)46/h11-14,32-34H,15-27H2,1-10H3/p+1/t32-,33?,34?,40-,41+,42+,43-/m0/s1. The van der Waals surface area contributed by atoms with E-state index in [0.717, 1.165) is 81.7 Å². The molecule has 0 heterocycles. The highest BCUT2D eigenvalue weighted by molar-refractivity contribution is 6.02. The highest BCUT2D eigenvalue weighted by Gasteiger charge is 2.68. The average molecular weight is 691 g/mol. The molecule has 7 heteroatoms. The molecule has 2 unspecified atom stereocenters. The van der Waals surface area contributed by atoms with E-state index < -0.39 is 17.4 Å². The predicted molar refractivity (Wildman–Crippen MR) is 196 cm³/mol. The Bertz CT molecular complexity index is 1580. The number of ether oxygens (including phenoxy) is 2. The zero-order valence-electron chi connectivity index (χ0n) is 32.7. The van der Waals surface area contributed by atoms with Crippen molar-refractivity contribution in [2.75, 3.05) is 34.3 Å². The number of allylic oxidation sites excluding steroid dienone is 1. The summed E-state index contributed by atoms with van der Waals surface area (Å²) in [6.07, 6.45) is 10.7. The number of hydrogen-bond donors (Lipinski definition) is 1. The largest absolute Gasteiger partial charge is 0.478 e. The van der Waals surface area contributed by atoms with E-state index >= 15 is 0 Å². The smallest absolute Gasteiger partial charge is 0.339 e. The van der Waals surface area contributed by atoms with Crippen LogP contribution in [-0.4, -0.2) is 67.9 Å². The van der Waals surface area contributed by atoms with Gasteiger partial charge in [0.1, 0.15) is 19.3 Å². The minimum atomic E-state index is -1.12. The summed E-state index contributed by atoms with van der Waals surface area (Å²) in [5.41, 5.74) is 2.75. The summed E-state index contributed by atoms with van der Waals surface area (Å²) in [6.45, 7) is 18.3. The van der Waals surface area contributed by atoms with Gasteiger partial charge < -0.3 is 19.1 Å². The van der Waals surface area contributed by atoms with E-state index in [1.807, 2.05) is 0 Å². The molecule has 0 saturated heterocycles. The van der Waals surface area contributed by atoms with Crippen LogP contribution in [0.3, 0.4) is 0 Å². The SMILES string of the molecule is CC1(C)CC[C@]2(C(=O)OCC[N+](C)(C)C)CC[C@]3(C)C(=C2C1)CCC1[C@@]2(C)CCC(OC(=O)c4ccccc4C(=O)O)C(C)(C)[C@@H]2CC[C@]13C. The Morgan fingerprint density at radius 2 is 1.46 bits per heavy atom.